The van der Waals surface area contributed by atoms with Gasteiger partial charge in [-0.3, -0.25) is 4.79 Å². The first-order valence-electron chi connectivity index (χ1n) is 6.94. The molecule has 0 fully saturated rings. The van der Waals surface area contributed by atoms with Crippen molar-refractivity contribution in [1.29, 1.82) is 0 Å². The molecular formula is C17H16N2O3. The lowest BCUT2D eigenvalue weighted by molar-refractivity contribution is 0.0955. The van der Waals surface area contributed by atoms with Gasteiger partial charge in [-0.25, -0.2) is 5.43 Å². The Morgan fingerprint density at radius 2 is 1.91 bits per heavy atom. The lowest BCUT2D eigenvalue weighted by atomic mass is 10.1. The molecule has 0 aliphatic carbocycles. The summed E-state index contributed by atoms with van der Waals surface area (Å²) < 4.78 is 10.5. The first kappa shape index (κ1) is 14.1. The van der Waals surface area contributed by atoms with Crippen LogP contribution in [0.25, 0.3) is 0 Å². The Morgan fingerprint density at radius 3 is 2.73 bits per heavy atom. The second kappa shape index (κ2) is 5.89. The van der Waals surface area contributed by atoms with E-state index in [-0.39, 0.29) is 12.7 Å². The van der Waals surface area contributed by atoms with Crippen LogP contribution in [0.4, 0.5) is 0 Å². The van der Waals surface area contributed by atoms with Crippen molar-refractivity contribution in [1.82, 2.24) is 5.43 Å². The minimum absolute atomic E-state index is 0.236. The fraction of sp³-hybridized carbons (Fsp3) is 0.176. The third-order valence-electron chi connectivity index (χ3n) is 3.55. The van der Waals surface area contributed by atoms with Gasteiger partial charge in [0.15, 0.2) is 11.5 Å². The van der Waals surface area contributed by atoms with Gasteiger partial charge in [0, 0.05) is 5.56 Å². The van der Waals surface area contributed by atoms with Crippen molar-refractivity contribution in [2.24, 2.45) is 5.10 Å². The zero-order valence-electron chi connectivity index (χ0n) is 12.4. The Bertz CT molecular complexity index is 754. The van der Waals surface area contributed by atoms with Crippen molar-refractivity contribution in [2.45, 2.75) is 13.8 Å². The van der Waals surface area contributed by atoms with Crippen LogP contribution in [0.5, 0.6) is 11.5 Å². The second-order valence-electron chi connectivity index (χ2n) is 5.11. The molecule has 0 atom stereocenters. The lowest BCUT2D eigenvalue weighted by Crippen LogP contribution is -2.17. The van der Waals surface area contributed by atoms with Crippen molar-refractivity contribution >= 4 is 12.1 Å². The molecule has 2 aromatic carbocycles. The van der Waals surface area contributed by atoms with Gasteiger partial charge in [-0.05, 0) is 60.9 Å². The number of carbonyl (C=O) groups excluding carboxylic acids is 1. The molecule has 22 heavy (non-hydrogen) atoms. The molecule has 1 N–H and O–H groups in total. The first-order chi connectivity index (χ1) is 10.6. The van der Waals surface area contributed by atoms with Gasteiger partial charge in [0.2, 0.25) is 6.79 Å². The highest BCUT2D eigenvalue weighted by Gasteiger charge is 2.12. The van der Waals surface area contributed by atoms with Gasteiger partial charge in [0.1, 0.15) is 0 Å². The molecule has 0 saturated carbocycles. The summed E-state index contributed by atoms with van der Waals surface area (Å²) >= 11 is 0. The quantitative estimate of drug-likeness (QED) is 0.700. The number of hydrogen-bond acceptors (Lipinski definition) is 4. The maximum atomic E-state index is 12.0. The normalized spacial score (nSPS) is 12.6. The fourth-order valence-electron chi connectivity index (χ4n) is 2.11. The van der Waals surface area contributed by atoms with Crippen molar-refractivity contribution in [3.63, 3.8) is 0 Å². The zero-order chi connectivity index (χ0) is 15.5. The van der Waals surface area contributed by atoms with Crippen LogP contribution in [0.2, 0.25) is 0 Å². The number of fused-ring (bicyclic) bond motifs is 1. The van der Waals surface area contributed by atoms with Gasteiger partial charge in [-0.1, -0.05) is 6.07 Å². The van der Waals surface area contributed by atoms with E-state index >= 15 is 0 Å². The predicted octanol–water partition coefficient (Wildman–Crippen LogP) is 2.80. The van der Waals surface area contributed by atoms with Crippen LogP contribution in [0.15, 0.2) is 41.5 Å². The van der Waals surface area contributed by atoms with Crippen molar-refractivity contribution in [3.8, 4) is 11.5 Å². The topological polar surface area (TPSA) is 59.9 Å². The molecule has 0 spiro atoms. The van der Waals surface area contributed by atoms with Gasteiger partial charge in [-0.15, -0.1) is 0 Å². The van der Waals surface area contributed by atoms with Crippen LogP contribution in [0.3, 0.4) is 0 Å². The molecular weight excluding hydrogens is 280 g/mol. The third kappa shape index (κ3) is 2.93. The molecule has 0 saturated heterocycles. The molecule has 1 amide bonds. The average molecular weight is 296 g/mol. The number of benzene rings is 2. The Kier molecular flexibility index (Phi) is 3.78. The van der Waals surface area contributed by atoms with Crippen LogP contribution in [-0.2, 0) is 0 Å². The standard InChI is InChI=1S/C17H16N2O3/c1-11-3-5-14(7-12(11)2)17(20)19-18-9-13-4-6-15-16(8-13)22-10-21-15/h3-9H,10H2,1-2H3,(H,19,20). The molecule has 1 aliphatic rings. The molecule has 1 aliphatic heterocycles. The van der Waals surface area contributed by atoms with Crippen LogP contribution < -0.4 is 14.9 Å². The first-order valence-corrected chi connectivity index (χ1v) is 6.94. The number of nitrogens with zero attached hydrogens (tertiary/aromatic N) is 1. The van der Waals surface area contributed by atoms with E-state index in [9.17, 15) is 4.79 Å². The summed E-state index contributed by atoms with van der Waals surface area (Å²) in [4.78, 5) is 12.0. The van der Waals surface area contributed by atoms with Gasteiger partial charge < -0.3 is 9.47 Å². The Morgan fingerprint density at radius 1 is 1.09 bits per heavy atom. The summed E-state index contributed by atoms with van der Waals surface area (Å²) in [6.45, 7) is 4.22. The minimum atomic E-state index is -0.236. The summed E-state index contributed by atoms with van der Waals surface area (Å²) in [7, 11) is 0. The molecule has 0 bridgehead atoms. The van der Waals surface area contributed by atoms with E-state index in [1.807, 2.05) is 44.2 Å². The average Bonchev–Trinajstić information content (AvgIpc) is 2.97. The SMILES string of the molecule is Cc1ccc(C(=O)NN=Cc2ccc3c(c2)OCO3)cc1C. The highest BCUT2D eigenvalue weighted by molar-refractivity contribution is 5.95. The molecule has 5 heteroatoms. The van der Waals surface area contributed by atoms with Crippen LogP contribution in [-0.4, -0.2) is 18.9 Å². The molecule has 0 unspecified atom stereocenters. The highest BCUT2D eigenvalue weighted by Crippen LogP contribution is 2.31. The van der Waals surface area contributed by atoms with Gasteiger partial charge >= 0.3 is 0 Å². The number of rotatable bonds is 3. The largest absolute Gasteiger partial charge is 0.454 e. The molecule has 112 valence electrons. The summed E-state index contributed by atoms with van der Waals surface area (Å²) in [5.41, 5.74) is 6.16. The van der Waals surface area contributed by atoms with Crippen molar-refractivity contribution in [2.75, 3.05) is 6.79 Å². The van der Waals surface area contributed by atoms with E-state index in [1.165, 1.54) is 0 Å². The Balaban J connectivity index is 1.66. The number of amides is 1. The molecule has 0 aromatic heterocycles. The summed E-state index contributed by atoms with van der Waals surface area (Å²) in [5.74, 6) is 1.17. The summed E-state index contributed by atoms with van der Waals surface area (Å²) in [6.07, 6.45) is 1.57. The molecule has 1 heterocycles. The van der Waals surface area contributed by atoms with E-state index in [1.54, 1.807) is 12.3 Å². The molecule has 5 nitrogen and oxygen atoms in total. The fourth-order valence-corrected chi connectivity index (χ4v) is 2.11. The number of carbonyl (C=O) groups is 1. The third-order valence-corrected chi connectivity index (χ3v) is 3.55. The number of aryl methyl sites for hydroxylation is 2. The van der Waals surface area contributed by atoms with E-state index < -0.39 is 0 Å². The zero-order valence-corrected chi connectivity index (χ0v) is 12.4. The maximum Gasteiger partial charge on any atom is 0.271 e. The van der Waals surface area contributed by atoms with E-state index in [0.29, 0.717) is 11.3 Å². The number of ether oxygens (including phenoxy) is 2. The van der Waals surface area contributed by atoms with E-state index in [4.69, 9.17) is 9.47 Å². The highest BCUT2D eigenvalue weighted by atomic mass is 16.7. The van der Waals surface area contributed by atoms with Crippen LogP contribution >= 0.6 is 0 Å². The maximum absolute atomic E-state index is 12.0. The smallest absolute Gasteiger partial charge is 0.271 e. The predicted molar refractivity (Wildman–Crippen MR) is 83.5 cm³/mol. The summed E-state index contributed by atoms with van der Waals surface area (Å²) in [6, 6.07) is 11.0. The molecule has 0 radical (unpaired) electrons. The minimum Gasteiger partial charge on any atom is -0.454 e. The number of hydrazone groups is 1. The molecule has 3 rings (SSSR count). The monoisotopic (exact) mass is 296 g/mol. The van der Waals surface area contributed by atoms with Crippen molar-refractivity contribution in [3.05, 3.63) is 58.7 Å². The van der Waals surface area contributed by atoms with E-state index in [0.717, 1.165) is 22.4 Å². The second-order valence-corrected chi connectivity index (χ2v) is 5.11. The van der Waals surface area contributed by atoms with Crippen LogP contribution in [0, 0.1) is 13.8 Å². The van der Waals surface area contributed by atoms with Crippen LogP contribution in [0.1, 0.15) is 27.0 Å². The van der Waals surface area contributed by atoms with E-state index in [2.05, 4.69) is 10.5 Å². The number of nitrogens with one attached hydrogen (secondary N) is 1. The molecule has 2 aromatic rings. The van der Waals surface area contributed by atoms with Gasteiger partial charge in [-0.2, -0.15) is 5.10 Å². The van der Waals surface area contributed by atoms with Gasteiger partial charge in [0.25, 0.3) is 5.91 Å². The summed E-state index contributed by atoms with van der Waals surface area (Å²) in [5, 5.41) is 3.97. The Labute approximate surface area is 128 Å². The lowest BCUT2D eigenvalue weighted by Gasteiger charge is -2.03. The number of hydrogen-bond donors (Lipinski definition) is 1. The Hall–Kier alpha value is -2.82. The van der Waals surface area contributed by atoms with Gasteiger partial charge in [0.05, 0.1) is 6.21 Å². The van der Waals surface area contributed by atoms with Crippen molar-refractivity contribution < 1.29 is 14.3 Å².